The molecule has 0 atom stereocenters. The third kappa shape index (κ3) is 4.24. The van der Waals surface area contributed by atoms with Gasteiger partial charge >= 0.3 is 0 Å². The summed E-state index contributed by atoms with van der Waals surface area (Å²) in [7, 11) is 0. The van der Waals surface area contributed by atoms with Crippen LogP contribution in [0.1, 0.15) is 26.7 Å². The first-order chi connectivity index (χ1) is 9.41. The molecule has 5 N–H and O–H groups in total. The van der Waals surface area contributed by atoms with Crippen LogP contribution in [-0.4, -0.2) is 24.0 Å². The summed E-state index contributed by atoms with van der Waals surface area (Å²) in [6.45, 7) is 3.53. The second-order valence-corrected chi connectivity index (χ2v) is 4.60. The molecule has 0 spiro atoms. The molecule has 0 unspecified atom stereocenters. The molecule has 0 aliphatic heterocycles. The van der Waals surface area contributed by atoms with Crippen LogP contribution in [0.3, 0.4) is 0 Å². The summed E-state index contributed by atoms with van der Waals surface area (Å²) in [5.41, 5.74) is 10.7. The van der Waals surface area contributed by atoms with E-state index in [0.29, 0.717) is 24.3 Å². The lowest BCUT2D eigenvalue weighted by Gasteiger charge is -2.25. The topological polar surface area (TPSA) is 107 Å². The fraction of sp³-hybridized carbons (Fsp3) is 0.429. The molecule has 1 rings (SSSR count). The van der Waals surface area contributed by atoms with Crippen LogP contribution < -0.4 is 21.5 Å². The van der Waals surface area contributed by atoms with E-state index >= 15 is 0 Å². The van der Waals surface area contributed by atoms with Gasteiger partial charge in [-0.3, -0.25) is 9.59 Å². The SMILES string of the molecule is CCC(N)(CC)C(=O)Nc1cccc(OCC(N)=O)c1. The maximum Gasteiger partial charge on any atom is 0.255 e. The lowest BCUT2D eigenvalue weighted by molar-refractivity contribution is -0.121. The van der Waals surface area contributed by atoms with Crippen molar-refractivity contribution in [3.63, 3.8) is 0 Å². The van der Waals surface area contributed by atoms with Crippen molar-refractivity contribution in [1.82, 2.24) is 0 Å². The highest BCUT2D eigenvalue weighted by Crippen LogP contribution is 2.20. The van der Waals surface area contributed by atoms with E-state index in [0.717, 1.165) is 0 Å². The van der Waals surface area contributed by atoms with Crippen LogP contribution in [0.2, 0.25) is 0 Å². The van der Waals surface area contributed by atoms with Gasteiger partial charge in [0.25, 0.3) is 5.91 Å². The Morgan fingerprint density at radius 1 is 1.30 bits per heavy atom. The molecule has 0 heterocycles. The zero-order valence-corrected chi connectivity index (χ0v) is 11.8. The van der Waals surface area contributed by atoms with Crippen LogP contribution in [0.4, 0.5) is 5.69 Å². The molecule has 6 heteroatoms. The number of anilines is 1. The molecule has 1 aromatic rings. The molecule has 110 valence electrons. The predicted molar refractivity (Wildman–Crippen MR) is 77.3 cm³/mol. The Morgan fingerprint density at radius 2 is 1.95 bits per heavy atom. The second-order valence-electron chi connectivity index (χ2n) is 4.60. The summed E-state index contributed by atoms with van der Waals surface area (Å²) in [5, 5.41) is 2.75. The molecular formula is C14H21N3O3. The lowest BCUT2D eigenvalue weighted by Crippen LogP contribution is -2.50. The van der Waals surface area contributed by atoms with Gasteiger partial charge in [-0.1, -0.05) is 19.9 Å². The van der Waals surface area contributed by atoms with E-state index in [2.05, 4.69) is 5.32 Å². The Labute approximate surface area is 118 Å². The van der Waals surface area contributed by atoms with Crippen molar-refractivity contribution in [2.45, 2.75) is 32.2 Å². The molecule has 2 amide bonds. The van der Waals surface area contributed by atoms with E-state index in [4.69, 9.17) is 16.2 Å². The largest absolute Gasteiger partial charge is 0.484 e. The standard InChI is InChI=1S/C14H21N3O3/c1-3-14(16,4-2)13(19)17-10-6-5-7-11(8-10)20-9-12(15)18/h5-8H,3-4,9,16H2,1-2H3,(H2,15,18)(H,17,19). The summed E-state index contributed by atoms with van der Waals surface area (Å²) in [6.07, 6.45) is 1.10. The molecule has 1 aromatic carbocycles. The lowest BCUT2D eigenvalue weighted by atomic mass is 9.93. The molecule has 6 nitrogen and oxygen atoms in total. The van der Waals surface area contributed by atoms with Gasteiger partial charge in [0.1, 0.15) is 5.75 Å². The van der Waals surface area contributed by atoms with E-state index in [1.54, 1.807) is 24.3 Å². The molecule has 0 bridgehead atoms. The maximum absolute atomic E-state index is 12.1. The first-order valence-corrected chi connectivity index (χ1v) is 6.52. The number of ether oxygens (including phenoxy) is 1. The van der Waals surface area contributed by atoms with Crippen LogP contribution in [0.25, 0.3) is 0 Å². The van der Waals surface area contributed by atoms with E-state index in [1.807, 2.05) is 13.8 Å². The highest BCUT2D eigenvalue weighted by molar-refractivity contribution is 5.98. The zero-order chi connectivity index (χ0) is 15.2. The van der Waals surface area contributed by atoms with Crippen molar-refractivity contribution in [2.24, 2.45) is 11.5 Å². The van der Waals surface area contributed by atoms with Crippen LogP contribution >= 0.6 is 0 Å². The first kappa shape index (κ1) is 16.0. The molecule has 20 heavy (non-hydrogen) atoms. The number of benzene rings is 1. The van der Waals surface area contributed by atoms with Gasteiger partial charge in [0.15, 0.2) is 6.61 Å². The van der Waals surface area contributed by atoms with Gasteiger partial charge in [0.2, 0.25) is 5.91 Å². The number of hydrogen-bond donors (Lipinski definition) is 3. The number of rotatable bonds is 7. The smallest absolute Gasteiger partial charge is 0.255 e. The molecule has 0 aromatic heterocycles. The van der Waals surface area contributed by atoms with Crippen molar-refractivity contribution < 1.29 is 14.3 Å². The fourth-order valence-electron chi connectivity index (χ4n) is 1.64. The Kier molecular flexibility index (Phi) is 5.52. The number of carbonyl (C=O) groups is 2. The number of nitrogens with one attached hydrogen (secondary N) is 1. The summed E-state index contributed by atoms with van der Waals surface area (Å²) in [6, 6.07) is 6.73. The average Bonchev–Trinajstić information content (AvgIpc) is 2.44. The van der Waals surface area contributed by atoms with Crippen LogP contribution in [-0.2, 0) is 9.59 Å². The van der Waals surface area contributed by atoms with Crippen molar-refractivity contribution in [1.29, 1.82) is 0 Å². The summed E-state index contributed by atoms with van der Waals surface area (Å²) >= 11 is 0. The van der Waals surface area contributed by atoms with Gasteiger partial charge in [-0.25, -0.2) is 0 Å². The van der Waals surface area contributed by atoms with Gasteiger partial charge in [-0.05, 0) is 25.0 Å². The normalized spacial score (nSPS) is 10.9. The maximum atomic E-state index is 12.1. The Balaban J connectivity index is 2.75. The number of hydrogen-bond acceptors (Lipinski definition) is 4. The van der Waals surface area contributed by atoms with Gasteiger partial charge in [-0.2, -0.15) is 0 Å². The summed E-state index contributed by atoms with van der Waals surface area (Å²) < 4.78 is 5.17. The zero-order valence-electron chi connectivity index (χ0n) is 11.8. The third-order valence-electron chi connectivity index (χ3n) is 3.19. The minimum atomic E-state index is -0.885. The Morgan fingerprint density at radius 3 is 2.50 bits per heavy atom. The number of primary amides is 1. The van der Waals surface area contributed by atoms with Crippen molar-refractivity contribution in [3.8, 4) is 5.75 Å². The Bertz CT molecular complexity index is 484. The van der Waals surface area contributed by atoms with Crippen molar-refractivity contribution >= 4 is 17.5 Å². The third-order valence-corrected chi connectivity index (χ3v) is 3.19. The fourth-order valence-corrected chi connectivity index (χ4v) is 1.64. The van der Waals surface area contributed by atoms with Crippen molar-refractivity contribution in [3.05, 3.63) is 24.3 Å². The monoisotopic (exact) mass is 279 g/mol. The number of amides is 2. The van der Waals surface area contributed by atoms with Gasteiger partial charge in [0, 0.05) is 11.8 Å². The Hall–Kier alpha value is -2.08. The molecule has 0 aliphatic rings. The highest BCUT2D eigenvalue weighted by atomic mass is 16.5. The molecule has 0 saturated carbocycles. The molecule has 0 fully saturated rings. The minimum Gasteiger partial charge on any atom is -0.484 e. The van der Waals surface area contributed by atoms with Gasteiger partial charge in [-0.15, -0.1) is 0 Å². The van der Waals surface area contributed by atoms with Crippen LogP contribution in [0.15, 0.2) is 24.3 Å². The summed E-state index contributed by atoms with van der Waals surface area (Å²) in [5.74, 6) is -0.343. The van der Waals surface area contributed by atoms with Gasteiger partial charge in [0.05, 0.1) is 5.54 Å². The van der Waals surface area contributed by atoms with Gasteiger partial charge < -0.3 is 21.5 Å². The molecule has 0 aliphatic carbocycles. The molecule has 0 radical (unpaired) electrons. The van der Waals surface area contributed by atoms with Crippen LogP contribution in [0.5, 0.6) is 5.75 Å². The van der Waals surface area contributed by atoms with E-state index < -0.39 is 11.4 Å². The minimum absolute atomic E-state index is 0.206. The number of nitrogens with two attached hydrogens (primary N) is 2. The highest BCUT2D eigenvalue weighted by Gasteiger charge is 2.29. The number of carbonyl (C=O) groups excluding carboxylic acids is 2. The van der Waals surface area contributed by atoms with E-state index in [9.17, 15) is 9.59 Å². The molecular weight excluding hydrogens is 258 g/mol. The van der Waals surface area contributed by atoms with Crippen molar-refractivity contribution in [2.75, 3.05) is 11.9 Å². The van der Waals surface area contributed by atoms with Crippen LogP contribution in [0, 0.1) is 0 Å². The summed E-state index contributed by atoms with van der Waals surface area (Å²) in [4.78, 5) is 22.8. The predicted octanol–water partition coefficient (Wildman–Crippen LogP) is 1.01. The van der Waals surface area contributed by atoms with E-state index in [-0.39, 0.29) is 12.5 Å². The average molecular weight is 279 g/mol. The second kappa shape index (κ2) is 6.91. The van der Waals surface area contributed by atoms with E-state index in [1.165, 1.54) is 0 Å². The molecule has 0 saturated heterocycles. The quantitative estimate of drug-likeness (QED) is 0.692. The first-order valence-electron chi connectivity index (χ1n) is 6.52.